The molecule has 0 spiro atoms. The first-order valence-corrected chi connectivity index (χ1v) is 9.93. The van der Waals surface area contributed by atoms with Gasteiger partial charge in [0.1, 0.15) is 10.4 Å². The SMILES string of the molecule is CCC(NC)c1ccc(-c2c(OC)ccc3[nH]c(=O)c4sccc4c23)cc1. The van der Waals surface area contributed by atoms with Crippen LogP contribution in [0.15, 0.2) is 52.6 Å². The molecule has 1 atom stereocenters. The Labute approximate surface area is 161 Å². The zero-order chi connectivity index (χ0) is 19.0. The van der Waals surface area contributed by atoms with Crippen LogP contribution in [0.5, 0.6) is 5.75 Å². The van der Waals surface area contributed by atoms with Gasteiger partial charge in [-0.1, -0.05) is 31.2 Å². The Bertz CT molecular complexity index is 1150. The minimum atomic E-state index is -0.0428. The van der Waals surface area contributed by atoms with Gasteiger partial charge in [-0.25, -0.2) is 0 Å². The fourth-order valence-electron chi connectivity index (χ4n) is 3.77. The minimum Gasteiger partial charge on any atom is -0.496 e. The lowest BCUT2D eigenvalue weighted by Crippen LogP contribution is -2.14. The number of ether oxygens (including phenoxy) is 1. The van der Waals surface area contributed by atoms with Crippen LogP contribution < -0.4 is 15.6 Å². The first-order chi connectivity index (χ1) is 13.2. The van der Waals surface area contributed by atoms with E-state index in [1.54, 1.807) is 7.11 Å². The van der Waals surface area contributed by atoms with Crippen molar-refractivity contribution in [2.75, 3.05) is 14.2 Å². The predicted octanol–water partition coefficient (Wildman–Crippen LogP) is 5.09. The summed E-state index contributed by atoms with van der Waals surface area (Å²) < 4.78 is 6.43. The highest BCUT2D eigenvalue weighted by Crippen LogP contribution is 2.40. The highest BCUT2D eigenvalue weighted by atomic mass is 32.1. The highest BCUT2D eigenvalue weighted by molar-refractivity contribution is 7.17. The average molecular weight is 378 g/mol. The maximum atomic E-state index is 12.4. The van der Waals surface area contributed by atoms with Gasteiger partial charge < -0.3 is 15.0 Å². The molecule has 0 saturated carbocycles. The van der Waals surface area contributed by atoms with E-state index in [1.165, 1.54) is 16.9 Å². The molecule has 2 N–H and O–H groups in total. The topological polar surface area (TPSA) is 54.1 Å². The van der Waals surface area contributed by atoms with Crippen LogP contribution in [0.1, 0.15) is 24.9 Å². The van der Waals surface area contributed by atoms with Crippen molar-refractivity contribution in [2.24, 2.45) is 0 Å². The van der Waals surface area contributed by atoms with E-state index in [-0.39, 0.29) is 5.56 Å². The number of aromatic nitrogens is 1. The van der Waals surface area contributed by atoms with Crippen molar-refractivity contribution in [3.63, 3.8) is 0 Å². The fraction of sp³-hybridized carbons (Fsp3) is 0.227. The van der Waals surface area contributed by atoms with E-state index in [0.717, 1.165) is 44.3 Å². The zero-order valence-electron chi connectivity index (χ0n) is 15.6. The third-order valence-corrected chi connectivity index (χ3v) is 6.05. The van der Waals surface area contributed by atoms with Crippen molar-refractivity contribution >= 4 is 32.3 Å². The lowest BCUT2D eigenvalue weighted by molar-refractivity contribution is 0.417. The molecular weight excluding hydrogens is 356 g/mol. The van der Waals surface area contributed by atoms with Crippen LogP contribution in [-0.2, 0) is 0 Å². The third-order valence-electron chi connectivity index (χ3n) is 5.13. The Morgan fingerprint density at radius 2 is 1.93 bits per heavy atom. The molecule has 1 unspecified atom stereocenters. The summed E-state index contributed by atoms with van der Waals surface area (Å²) in [5.41, 5.74) is 4.13. The summed E-state index contributed by atoms with van der Waals surface area (Å²) in [6, 6.07) is 14.8. The van der Waals surface area contributed by atoms with Crippen LogP contribution >= 0.6 is 11.3 Å². The minimum absolute atomic E-state index is 0.0428. The monoisotopic (exact) mass is 378 g/mol. The smallest absolute Gasteiger partial charge is 0.266 e. The number of aromatic amines is 1. The van der Waals surface area contributed by atoms with Gasteiger partial charge in [0.05, 0.1) is 7.11 Å². The molecule has 0 fully saturated rings. The number of fused-ring (bicyclic) bond motifs is 3. The number of nitrogens with one attached hydrogen (secondary N) is 2. The van der Waals surface area contributed by atoms with Gasteiger partial charge in [0.25, 0.3) is 5.56 Å². The molecule has 0 aliphatic carbocycles. The molecule has 4 rings (SSSR count). The van der Waals surface area contributed by atoms with E-state index in [1.807, 2.05) is 30.6 Å². The van der Waals surface area contributed by atoms with Crippen LogP contribution in [0.2, 0.25) is 0 Å². The summed E-state index contributed by atoms with van der Waals surface area (Å²) in [5.74, 6) is 0.801. The molecule has 0 amide bonds. The maximum Gasteiger partial charge on any atom is 0.266 e. The molecule has 4 aromatic rings. The predicted molar refractivity (Wildman–Crippen MR) is 114 cm³/mol. The van der Waals surface area contributed by atoms with Crippen molar-refractivity contribution in [1.29, 1.82) is 0 Å². The first kappa shape index (κ1) is 17.8. The number of thiophene rings is 1. The Balaban J connectivity index is 2.00. The Hall–Kier alpha value is -2.63. The molecule has 4 nitrogen and oxygen atoms in total. The lowest BCUT2D eigenvalue weighted by atomic mass is 9.95. The molecule has 5 heteroatoms. The quantitative estimate of drug-likeness (QED) is 0.509. The molecule has 0 aliphatic rings. The number of rotatable bonds is 5. The molecule has 0 radical (unpaired) electrons. The summed E-state index contributed by atoms with van der Waals surface area (Å²) >= 11 is 1.47. The number of hydrogen-bond donors (Lipinski definition) is 2. The summed E-state index contributed by atoms with van der Waals surface area (Å²) in [4.78, 5) is 15.4. The van der Waals surface area contributed by atoms with E-state index in [9.17, 15) is 4.79 Å². The van der Waals surface area contributed by atoms with E-state index in [4.69, 9.17) is 4.74 Å². The molecule has 27 heavy (non-hydrogen) atoms. The number of pyridine rings is 1. The zero-order valence-corrected chi connectivity index (χ0v) is 16.4. The Kier molecular flexibility index (Phi) is 4.72. The fourth-order valence-corrected chi connectivity index (χ4v) is 4.57. The molecule has 138 valence electrons. The second kappa shape index (κ2) is 7.18. The van der Waals surface area contributed by atoms with Crippen LogP contribution in [0.25, 0.3) is 32.1 Å². The van der Waals surface area contributed by atoms with Crippen molar-refractivity contribution in [3.05, 3.63) is 63.8 Å². The van der Waals surface area contributed by atoms with Gasteiger partial charge in [-0.3, -0.25) is 4.79 Å². The molecule has 0 aliphatic heterocycles. The Morgan fingerprint density at radius 3 is 2.59 bits per heavy atom. The highest BCUT2D eigenvalue weighted by Gasteiger charge is 2.16. The summed E-state index contributed by atoms with van der Waals surface area (Å²) in [5, 5.41) is 7.30. The van der Waals surface area contributed by atoms with Gasteiger partial charge in [0.15, 0.2) is 0 Å². The second-order valence-electron chi connectivity index (χ2n) is 6.55. The maximum absolute atomic E-state index is 12.4. The van der Waals surface area contributed by atoms with Gasteiger partial charge in [-0.05, 0) is 48.2 Å². The van der Waals surface area contributed by atoms with E-state index in [0.29, 0.717) is 6.04 Å². The Morgan fingerprint density at radius 1 is 1.15 bits per heavy atom. The number of methoxy groups -OCH3 is 1. The number of hydrogen-bond acceptors (Lipinski definition) is 4. The molecule has 0 saturated heterocycles. The molecular formula is C22H22N2O2S. The van der Waals surface area contributed by atoms with E-state index < -0.39 is 0 Å². The average Bonchev–Trinajstić information content (AvgIpc) is 3.19. The normalized spacial score (nSPS) is 12.6. The van der Waals surface area contributed by atoms with Gasteiger partial charge in [0.2, 0.25) is 0 Å². The molecule has 2 aromatic carbocycles. The van der Waals surface area contributed by atoms with Crippen molar-refractivity contribution in [3.8, 4) is 16.9 Å². The second-order valence-corrected chi connectivity index (χ2v) is 7.47. The van der Waals surface area contributed by atoms with Crippen molar-refractivity contribution < 1.29 is 4.74 Å². The third kappa shape index (κ3) is 2.93. The summed E-state index contributed by atoms with van der Waals surface area (Å²) in [6.07, 6.45) is 1.03. The molecule has 2 heterocycles. The van der Waals surface area contributed by atoms with Gasteiger partial charge in [-0.2, -0.15) is 0 Å². The van der Waals surface area contributed by atoms with E-state index in [2.05, 4.69) is 41.5 Å². The lowest BCUT2D eigenvalue weighted by Gasteiger charge is -2.16. The van der Waals surface area contributed by atoms with Gasteiger partial charge in [0, 0.05) is 27.9 Å². The number of H-pyrrole nitrogens is 1. The number of benzene rings is 2. The van der Waals surface area contributed by atoms with Crippen LogP contribution in [0, 0.1) is 0 Å². The van der Waals surface area contributed by atoms with E-state index >= 15 is 0 Å². The molecule has 0 bridgehead atoms. The van der Waals surface area contributed by atoms with Gasteiger partial charge >= 0.3 is 0 Å². The van der Waals surface area contributed by atoms with Crippen molar-refractivity contribution in [1.82, 2.24) is 10.3 Å². The largest absolute Gasteiger partial charge is 0.496 e. The standard InChI is InChI=1S/C22H22N2O2S/c1-4-16(23-2)13-5-7-14(8-6-13)19-18(26-3)10-9-17-20(19)15-11-12-27-21(15)22(25)24-17/h5-12,16,23H,4H2,1-3H3,(H,24,25). The van der Waals surface area contributed by atoms with Gasteiger partial charge in [-0.15, -0.1) is 11.3 Å². The van der Waals surface area contributed by atoms with Crippen LogP contribution in [-0.4, -0.2) is 19.1 Å². The summed E-state index contributed by atoms with van der Waals surface area (Å²) in [7, 11) is 3.67. The van der Waals surface area contributed by atoms with Crippen LogP contribution in [0.4, 0.5) is 0 Å². The summed E-state index contributed by atoms with van der Waals surface area (Å²) in [6.45, 7) is 2.17. The first-order valence-electron chi connectivity index (χ1n) is 9.05. The van der Waals surface area contributed by atoms with Crippen molar-refractivity contribution in [2.45, 2.75) is 19.4 Å². The van der Waals surface area contributed by atoms with Crippen LogP contribution in [0.3, 0.4) is 0 Å². The molecule has 2 aromatic heterocycles.